The number of ether oxygens (including phenoxy) is 2. The van der Waals surface area contributed by atoms with Crippen LogP contribution in [0.4, 0.5) is 0 Å². The van der Waals surface area contributed by atoms with Crippen molar-refractivity contribution in [2.45, 2.75) is 6.42 Å². The summed E-state index contributed by atoms with van der Waals surface area (Å²) in [5.74, 6) is 0.905. The van der Waals surface area contributed by atoms with Gasteiger partial charge < -0.3 is 14.8 Å². The van der Waals surface area contributed by atoms with Crippen LogP contribution in [-0.2, 0) is 11.2 Å². The smallest absolute Gasteiger partial charge is 0.251 e. The normalized spacial score (nSPS) is 18.4. The number of hydrogen-bond donors (Lipinski definition) is 1. The summed E-state index contributed by atoms with van der Waals surface area (Å²) in [5.41, 5.74) is 1.85. The molecule has 0 saturated carbocycles. The number of hydrogen-bond acceptors (Lipinski definition) is 4. The molecule has 1 N–H and O–H groups in total. The quantitative estimate of drug-likeness (QED) is 0.879. The van der Waals surface area contributed by atoms with E-state index in [0.29, 0.717) is 6.54 Å². The topological polar surface area (TPSA) is 50.8 Å². The first-order chi connectivity index (χ1) is 9.83. The average Bonchev–Trinajstić information content (AvgIpc) is 2.95. The molecule has 3 rings (SSSR count). The number of nitrogens with one attached hydrogen (secondary N) is 1. The molecule has 1 amide bonds. The minimum Gasteiger partial charge on any atom is -0.493 e. The van der Waals surface area contributed by atoms with Gasteiger partial charge in [-0.25, -0.2) is 0 Å². The Balaban J connectivity index is 1.49. The van der Waals surface area contributed by atoms with E-state index in [0.717, 1.165) is 62.8 Å². The molecule has 5 heteroatoms. The number of rotatable bonds is 4. The minimum absolute atomic E-state index is 0.00652. The maximum Gasteiger partial charge on any atom is 0.251 e. The number of amides is 1. The Morgan fingerprint density at radius 2 is 2.10 bits per heavy atom. The third-order valence-electron chi connectivity index (χ3n) is 3.77. The Labute approximate surface area is 118 Å². The monoisotopic (exact) mass is 276 g/mol. The van der Waals surface area contributed by atoms with Gasteiger partial charge in [0.2, 0.25) is 0 Å². The fourth-order valence-electron chi connectivity index (χ4n) is 2.58. The molecular weight excluding hydrogens is 256 g/mol. The Kier molecular flexibility index (Phi) is 4.18. The third-order valence-corrected chi connectivity index (χ3v) is 3.77. The summed E-state index contributed by atoms with van der Waals surface area (Å²) >= 11 is 0. The Morgan fingerprint density at radius 3 is 2.95 bits per heavy atom. The maximum atomic E-state index is 12.1. The summed E-state index contributed by atoms with van der Waals surface area (Å²) in [7, 11) is 0. The predicted octanol–water partition coefficient (Wildman–Crippen LogP) is 0.684. The fraction of sp³-hybridized carbons (Fsp3) is 0.533. The van der Waals surface area contributed by atoms with Crippen molar-refractivity contribution in [3.05, 3.63) is 29.3 Å². The highest BCUT2D eigenvalue weighted by molar-refractivity contribution is 5.94. The first-order valence-corrected chi connectivity index (χ1v) is 7.17. The molecule has 0 spiro atoms. The molecule has 0 radical (unpaired) electrons. The largest absolute Gasteiger partial charge is 0.493 e. The molecule has 5 nitrogen and oxygen atoms in total. The number of carbonyl (C=O) groups is 1. The summed E-state index contributed by atoms with van der Waals surface area (Å²) < 4.78 is 10.7. The molecule has 0 bridgehead atoms. The molecule has 0 aromatic heterocycles. The van der Waals surface area contributed by atoms with Crippen molar-refractivity contribution in [2.24, 2.45) is 0 Å². The molecule has 2 aliphatic rings. The van der Waals surface area contributed by atoms with Crippen LogP contribution in [0.3, 0.4) is 0 Å². The van der Waals surface area contributed by atoms with Gasteiger partial charge in [0.25, 0.3) is 5.91 Å². The number of benzene rings is 1. The van der Waals surface area contributed by atoms with Gasteiger partial charge in [0.05, 0.1) is 19.8 Å². The van der Waals surface area contributed by atoms with E-state index in [2.05, 4.69) is 10.2 Å². The zero-order valence-electron chi connectivity index (χ0n) is 11.6. The van der Waals surface area contributed by atoms with Crippen molar-refractivity contribution in [1.29, 1.82) is 0 Å². The minimum atomic E-state index is -0.00652. The molecule has 2 heterocycles. The van der Waals surface area contributed by atoms with Crippen LogP contribution in [0.25, 0.3) is 0 Å². The molecule has 0 unspecified atom stereocenters. The van der Waals surface area contributed by atoms with Crippen molar-refractivity contribution in [1.82, 2.24) is 10.2 Å². The summed E-state index contributed by atoms with van der Waals surface area (Å²) in [5, 5.41) is 2.98. The highest BCUT2D eigenvalue weighted by Crippen LogP contribution is 2.25. The van der Waals surface area contributed by atoms with Crippen molar-refractivity contribution in [2.75, 3.05) is 46.0 Å². The van der Waals surface area contributed by atoms with Gasteiger partial charge in [0, 0.05) is 38.2 Å². The second-order valence-corrected chi connectivity index (χ2v) is 5.13. The second kappa shape index (κ2) is 6.24. The molecule has 1 aromatic rings. The van der Waals surface area contributed by atoms with Gasteiger partial charge in [0.1, 0.15) is 5.75 Å². The third kappa shape index (κ3) is 3.11. The average molecular weight is 276 g/mol. The van der Waals surface area contributed by atoms with E-state index in [1.165, 1.54) is 0 Å². The van der Waals surface area contributed by atoms with Crippen molar-refractivity contribution >= 4 is 5.91 Å². The summed E-state index contributed by atoms with van der Waals surface area (Å²) in [6.07, 6.45) is 0.893. The molecule has 2 aliphatic heterocycles. The summed E-state index contributed by atoms with van der Waals surface area (Å²) in [6, 6.07) is 5.65. The van der Waals surface area contributed by atoms with Crippen molar-refractivity contribution in [3.63, 3.8) is 0 Å². The van der Waals surface area contributed by atoms with Gasteiger partial charge in [-0.05, 0) is 23.8 Å². The predicted molar refractivity (Wildman–Crippen MR) is 75.2 cm³/mol. The molecule has 1 aromatic carbocycles. The maximum absolute atomic E-state index is 12.1. The number of carbonyl (C=O) groups excluding carboxylic acids is 1. The number of nitrogens with zero attached hydrogens (tertiary/aromatic N) is 1. The van der Waals surface area contributed by atoms with E-state index in [4.69, 9.17) is 9.47 Å². The summed E-state index contributed by atoms with van der Waals surface area (Å²) in [6.45, 7) is 5.75. The molecule has 20 heavy (non-hydrogen) atoms. The summed E-state index contributed by atoms with van der Waals surface area (Å²) in [4.78, 5) is 14.4. The van der Waals surface area contributed by atoms with E-state index in [1.54, 1.807) is 0 Å². The SMILES string of the molecule is O=C(NCCN1CCOCC1)c1ccc2c(c1)CCO2. The molecule has 108 valence electrons. The number of fused-ring (bicyclic) bond motifs is 1. The lowest BCUT2D eigenvalue weighted by Gasteiger charge is -2.26. The van der Waals surface area contributed by atoms with Crippen LogP contribution >= 0.6 is 0 Å². The van der Waals surface area contributed by atoms with E-state index >= 15 is 0 Å². The lowest BCUT2D eigenvalue weighted by atomic mass is 10.1. The van der Waals surface area contributed by atoms with Crippen LogP contribution < -0.4 is 10.1 Å². The molecule has 1 saturated heterocycles. The second-order valence-electron chi connectivity index (χ2n) is 5.13. The van der Waals surface area contributed by atoms with Crippen LogP contribution in [0, 0.1) is 0 Å². The van der Waals surface area contributed by atoms with E-state index in [-0.39, 0.29) is 5.91 Å². The molecule has 0 atom stereocenters. The zero-order chi connectivity index (χ0) is 13.8. The van der Waals surface area contributed by atoms with Crippen molar-refractivity contribution < 1.29 is 14.3 Å². The number of morpholine rings is 1. The standard InChI is InChI=1S/C15H20N2O3/c18-15(16-4-5-17-6-9-19-10-7-17)13-1-2-14-12(11-13)3-8-20-14/h1-2,11H,3-10H2,(H,16,18). The first-order valence-electron chi connectivity index (χ1n) is 7.17. The first kappa shape index (κ1) is 13.4. The van der Waals surface area contributed by atoms with Gasteiger partial charge in [-0.2, -0.15) is 0 Å². The van der Waals surface area contributed by atoms with Crippen molar-refractivity contribution in [3.8, 4) is 5.75 Å². The van der Waals surface area contributed by atoms with Gasteiger partial charge in [0.15, 0.2) is 0 Å². The van der Waals surface area contributed by atoms with Gasteiger partial charge in [-0.3, -0.25) is 9.69 Å². The Bertz CT molecular complexity index is 484. The molecular formula is C15H20N2O3. The highest BCUT2D eigenvalue weighted by atomic mass is 16.5. The van der Waals surface area contributed by atoms with Gasteiger partial charge >= 0.3 is 0 Å². The van der Waals surface area contributed by atoms with E-state index in [1.807, 2.05) is 18.2 Å². The van der Waals surface area contributed by atoms with E-state index in [9.17, 15) is 4.79 Å². The van der Waals surface area contributed by atoms with Gasteiger partial charge in [-0.1, -0.05) is 0 Å². The highest BCUT2D eigenvalue weighted by Gasteiger charge is 2.15. The molecule has 1 fully saturated rings. The van der Waals surface area contributed by atoms with Gasteiger partial charge in [-0.15, -0.1) is 0 Å². The Morgan fingerprint density at radius 1 is 1.25 bits per heavy atom. The van der Waals surface area contributed by atoms with Crippen LogP contribution in [0.5, 0.6) is 5.75 Å². The van der Waals surface area contributed by atoms with Crippen LogP contribution in [0.1, 0.15) is 15.9 Å². The van der Waals surface area contributed by atoms with E-state index < -0.39 is 0 Å². The fourth-order valence-corrected chi connectivity index (χ4v) is 2.58. The molecule has 0 aliphatic carbocycles. The zero-order valence-corrected chi connectivity index (χ0v) is 11.6. The van der Waals surface area contributed by atoms with Crippen LogP contribution in [0.15, 0.2) is 18.2 Å². The van der Waals surface area contributed by atoms with Crippen LogP contribution in [0.2, 0.25) is 0 Å². The lowest BCUT2D eigenvalue weighted by Crippen LogP contribution is -2.41. The lowest BCUT2D eigenvalue weighted by molar-refractivity contribution is 0.0383. The Hall–Kier alpha value is -1.59. The van der Waals surface area contributed by atoms with Crippen LogP contribution in [-0.4, -0.2) is 56.8 Å².